The van der Waals surface area contributed by atoms with Gasteiger partial charge in [-0.1, -0.05) is 34.1 Å². The smallest absolute Gasteiger partial charge is 0.197 e. The van der Waals surface area contributed by atoms with Crippen LogP contribution in [0.4, 0.5) is 0 Å². The fourth-order valence-electron chi connectivity index (χ4n) is 1.40. The number of hydrogen-bond donors (Lipinski definition) is 0. The molecule has 0 spiro atoms. The molecule has 2 rings (SSSR count). The van der Waals surface area contributed by atoms with Crippen LogP contribution in [-0.4, -0.2) is 5.33 Å². The van der Waals surface area contributed by atoms with Crippen LogP contribution in [0.15, 0.2) is 28.7 Å². The molecular weight excluding hydrogens is 251 g/mol. The third-order valence-electron chi connectivity index (χ3n) is 1.99. The van der Waals surface area contributed by atoms with Gasteiger partial charge in [0, 0.05) is 16.3 Å². The molecule has 0 radical (unpaired) electrons. The van der Waals surface area contributed by atoms with E-state index in [-0.39, 0.29) is 0 Å². The van der Waals surface area contributed by atoms with Gasteiger partial charge in [0.2, 0.25) is 0 Å². The van der Waals surface area contributed by atoms with Gasteiger partial charge in [0.1, 0.15) is 5.58 Å². The fourth-order valence-corrected chi connectivity index (χ4v) is 2.07. The Hall–Kier alpha value is -0.470. The first-order valence-electron chi connectivity index (χ1n) is 4.05. The molecule has 3 heteroatoms. The Balaban J connectivity index is 2.64. The van der Waals surface area contributed by atoms with Crippen molar-refractivity contribution in [3.8, 4) is 0 Å². The maximum Gasteiger partial charge on any atom is 0.197 e. The van der Waals surface area contributed by atoms with Gasteiger partial charge in [-0.3, -0.25) is 0 Å². The van der Waals surface area contributed by atoms with E-state index in [2.05, 4.69) is 15.9 Å². The average molecular weight is 260 g/mol. The Morgan fingerprint density at radius 1 is 1.31 bits per heavy atom. The van der Waals surface area contributed by atoms with Gasteiger partial charge in [-0.2, -0.15) is 0 Å². The molecule has 0 unspecified atom stereocenters. The number of aryl methyl sites for hydroxylation is 1. The van der Waals surface area contributed by atoms with E-state index >= 15 is 0 Å². The summed E-state index contributed by atoms with van der Waals surface area (Å²) in [5, 5.41) is 2.53. The molecule has 0 bridgehead atoms. The highest BCUT2D eigenvalue weighted by atomic mass is 79.9. The lowest BCUT2D eigenvalue weighted by molar-refractivity contribution is 0.613. The van der Waals surface area contributed by atoms with Crippen LogP contribution in [0.3, 0.4) is 0 Å². The molecule has 13 heavy (non-hydrogen) atoms. The second kappa shape index (κ2) is 3.72. The summed E-state index contributed by atoms with van der Waals surface area (Å²) in [5.41, 5.74) is 1.96. The maximum atomic E-state index is 5.96. The van der Waals surface area contributed by atoms with Crippen LogP contribution in [0.1, 0.15) is 5.56 Å². The second-order valence-electron chi connectivity index (χ2n) is 2.79. The molecule has 2 aromatic rings. The minimum atomic E-state index is 0.514. The zero-order valence-corrected chi connectivity index (χ0v) is 9.23. The van der Waals surface area contributed by atoms with Crippen molar-refractivity contribution in [1.29, 1.82) is 0 Å². The molecule has 1 aromatic heterocycles. The average Bonchev–Trinajstić information content (AvgIpc) is 2.44. The quantitative estimate of drug-likeness (QED) is 0.742. The van der Waals surface area contributed by atoms with Gasteiger partial charge in [0.25, 0.3) is 0 Å². The van der Waals surface area contributed by atoms with Crippen LogP contribution in [0, 0.1) is 0 Å². The van der Waals surface area contributed by atoms with Gasteiger partial charge < -0.3 is 4.42 Å². The summed E-state index contributed by atoms with van der Waals surface area (Å²) in [6.07, 6.45) is 0.899. The molecular formula is C10H8BrClO. The lowest BCUT2D eigenvalue weighted by atomic mass is 10.1. The number of halogens is 2. The van der Waals surface area contributed by atoms with Crippen LogP contribution in [0.2, 0.25) is 5.22 Å². The van der Waals surface area contributed by atoms with E-state index < -0.39 is 0 Å². The summed E-state index contributed by atoms with van der Waals surface area (Å²) >= 11 is 9.35. The molecule has 0 aliphatic heterocycles. The Kier molecular flexibility index (Phi) is 2.61. The van der Waals surface area contributed by atoms with E-state index in [1.165, 1.54) is 0 Å². The maximum absolute atomic E-state index is 5.96. The summed E-state index contributed by atoms with van der Waals surface area (Å²) < 4.78 is 5.40. The molecule has 1 heterocycles. The van der Waals surface area contributed by atoms with E-state index in [1.807, 2.05) is 24.3 Å². The Morgan fingerprint density at radius 3 is 2.85 bits per heavy atom. The molecule has 1 nitrogen and oxygen atoms in total. The van der Waals surface area contributed by atoms with E-state index in [1.54, 1.807) is 0 Å². The van der Waals surface area contributed by atoms with Crippen molar-refractivity contribution in [3.63, 3.8) is 0 Å². The number of para-hydroxylation sites is 1. The van der Waals surface area contributed by atoms with Gasteiger partial charge in [0.15, 0.2) is 5.22 Å². The Labute approximate surface area is 89.8 Å². The molecule has 0 amide bonds. The summed E-state index contributed by atoms with van der Waals surface area (Å²) in [4.78, 5) is 0. The van der Waals surface area contributed by atoms with Crippen molar-refractivity contribution in [3.05, 3.63) is 35.0 Å². The summed E-state index contributed by atoms with van der Waals surface area (Å²) in [6, 6.07) is 7.90. The van der Waals surface area contributed by atoms with Gasteiger partial charge >= 0.3 is 0 Å². The van der Waals surface area contributed by atoms with Crippen molar-refractivity contribution in [1.82, 2.24) is 0 Å². The molecule has 68 valence electrons. The summed E-state index contributed by atoms with van der Waals surface area (Å²) in [6.45, 7) is 0. The van der Waals surface area contributed by atoms with Crippen molar-refractivity contribution in [2.75, 3.05) is 5.33 Å². The Bertz CT molecular complexity index is 422. The first-order valence-corrected chi connectivity index (χ1v) is 5.54. The zero-order valence-electron chi connectivity index (χ0n) is 6.89. The predicted octanol–water partition coefficient (Wildman–Crippen LogP) is 4.02. The normalized spacial score (nSPS) is 10.9. The van der Waals surface area contributed by atoms with Crippen LogP contribution >= 0.6 is 27.5 Å². The number of fused-ring (bicyclic) bond motifs is 1. The molecule has 0 fully saturated rings. The third kappa shape index (κ3) is 1.61. The summed E-state index contributed by atoms with van der Waals surface area (Å²) in [5.74, 6) is 0. The SMILES string of the molecule is Clc1oc2ccccc2c1CCBr. The molecule has 0 aliphatic carbocycles. The summed E-state index contributed by atoms with van der Waals surface area (Å²) in [7, 11) is 0. The fraction of sp³-hybridized carbons (Fsp3) is 0.200. The minimum absolute atomic E-state index is 0.514. The topological polar surface area (TPSA) is 13.1 Å². The molecule has 0 saturated heterocycles. The minimum Gasteiger partial charge on any atom is -0.444 e. The number of alkyl halides is 1. The zero-order chi connectivity index (χ0) is 9.26. The molecule has 0 saturated carbocycles. The second-order valence-corrected chi connectivity index (χ2v) is 3.93. The lowest BCUT2D eigenvalue weighted by Gasteiger charge is -1.92. The molecule has 0 atom stereocenters. The number of furan rings is 1. The lowest BCUT2D eigenvalue weighted by Crippen LogP contribution is -1.83. The van der Waals surface area contributed by atoms with E-state index in [0.717, 1.165) is 28.3 Å². The van der Waals surface area contributed by atoms with E-state index in [0.29, 0.717) is 5.22 Å². The van der Waals surface area contributed by atoms with E-state index in [4.69, 9.17) is 16.0 Å². The van der Waals surface area contributed by atoms with E-state index in [9.17, 15) is 0 Å². The van der Waals surface area contributed by atoms with Crippen molar-refractivity contribution in [2.45, 2.75) is 6.42 Å². The predicted molar refractivity (Wildman–Crippen MR) is 58.7 cm³/mol. The molecule has 0 aliphatic rings. The van der Waals surface area contributed by atoms with Gasteiger partial charge in [-0.05, 0) is 24.1 Å². The van der Waals surface area contributed by atoms with Crippen LogP contribution in [0.25, 0.3) is 11.0 Å². The monoisotopic (exact) mass is 258 g/mol. The molecule has 1 aromatic carbocycles. The van der Waals surface area contributed by atoms with Crippen LogP contribution in [-0.2, 0) is 6.42 Å². The Morgan fingerprint density at radius 2 is 2.08 bits per heavy atom. The van der Waals surface area contributed by atoms with Crippen molar-refractivity contribution >= 4 is 38.5 Å². The first kappa shape index (κ1) is 9.10. The van der Waals surface area contributed by atoms with Crippen molar-refractivity contribution in [2.24, 2.45) is 0 Å². The highest BCUT2D eigenvalue weighted by Gasteiger charge is 2.10. The third-order valence-corrected chi connectivity index (χ3v) is 2.70. The first-order chi connectivity index (χ1) is 6.33. The highest BCUT2D eigenvalue weighted by molar-refractivity contribution is 9.09. The standard InChI is InChI=1S/C10H8BrClO/c11-6-5-8-7-3-1-2-4-9(7)13-10(8)12/h1-4H,5-6H2. The number of benzene rings is 1. The largest absolute Gasteiger partial charge is 0.444 e. The van der Waals surface area contributed by atoms with Gasteiger partial charge in [-0.25, -0.2) is 0 Å². The van der Waals surface area contributed by atoms with Gasteiger partial charge in [-0.15, -0.1) is 0 Å². The molecule has 0 N–H and O–H groups in total. The van der Waals surface area contributed by atoms with Crippen molar-refractivity contribution < 1.29 is 4.42 Å². The van der Waals surface area contributed by atoms with Gasteiger partial charge in [0.05, 0.1) is 0 Å². The number of rotatable bonds is 2. The highest BCUT2D eigenvalue weighted by Crippen LogP contribution is 2.29. The number of hydrogen-bond acceptors (Lipinski definition) is 1. The van der Waals surface area contributed by atoms with Crippen LogP contribution < -0.4 is 0 Å². The van der Waals surface area contributed by atoms with Crippen LogP contribution in [0.5, 0.6) is 0 Å².